The number of unbranched alkanes of at least 4 members (excludes halogenated alkanes) is 3. The minimum absolute atomic E-state index is 0.191. The van der Waals surface area contributed by atoms with Crippen LogP contribution in [0.1, 0.15) is 120 Å². The van der Waals surface area contributed by atoms with Crippen molar-refractivity contribution in [3.63, 3.8) is 0 Å². The van der Waals surface area contributed by atoms with E-state index in [1.54, 1.807) is 0 Å². The molecule has 5 atom stereocenters. The maximum atomic E-state index is 15.3. The second-order valence-electron chi connectivity index (χ2n) is 11.0. The second-order valence-corrected chi connectivity index (χ2v) is 11.0. The molecule has 0 heterocycles. The van der Waals surface area contributed by atoms with Gasteiger partial charge in [-0.05, 0) is 105 Å². The zero-order chi connectivity index (χ0) is 22.5. The second kappa shape index (κ2) is 11.4. The molecule has 1 nitrogen and oxygen atoms in total. The highest BCUT2D eigenvalue weighted by Gasteiger charge is 2.38. The molecule has 180 valence electrons. The summed E-state index contributed by atoms with van der Waals surface area (Å²) in [5.41, 5.74) is 2.48. The van der Waals surface area contributed by atoms with E-state index in [0.717, 1.165) is 76.4 Å². The predicted octanol–water partition coefficient (Wildman–Crippen LogP) is 8.52. The number of ether oxygens (including phenoxy) is 1. The number of benzene rings is 1. The summed E-state index contributed by atoms with van der Waals surface area (Å²) in [6.45, 7) is 5.26. The molecule has 5 unspecified atom stereocenters. The van der Waals surface area contributed by atoms with Crippen molar-refractivity contribution >= 4 is 0 Å². The Labute approximate surface area is 194 Å². The summed E-state index contributed by atoms with van der Waals surface area (Å²) >= 11 is 0. The molecule has 2 saturated carbocycles. The Morgan fingerprint density at radius 1 is 0.875 bits per heavy atom. The molecule has 0 amide bonds. The molecule has 3 aliphatic rings. The molecule has 32 heavy (non-hydrogen) atoms. The highest BCUT2D eigenvalue weighted by atomic mass is 19.2. The van der Waals surface area contributed by atoms with Crippen LogP contribution < -0.4 is 0 Å². The molecule has 2 fully saturated rings. The fourth-order valence-corrected chi connectivity index (χ4v) is 6.90. The third-order valence-corrected chi connectivity index (χ3v) is 8.77. The lowest BCUT2D eigenvalue weighted by molar-refractivity contribution is -0.0149. The molecule has 0 bridgehead atoms. The van der Waals surface area contributed by atoms with Gasteiger partial charge in [-0.1, -0.05) is 52.0 Å². The number of hydrogen-bond donors (Lipinski definition) is 0. The SMILES string of the molecule is CCCCCCC1CCc2cc(C3CCC4CC(OCCC)CCC4C3)c(F)c(F)c2C1. The van der Waals surface area contributed by atoms with E-state index in [4.69, 9.17) is 4.74 Å². The van der Waals surface area contributed by atoms with Gasteiger partial charge < -0.3 is 4.74 Å². The summed E-state index contributed by atoms with van der Waals surface area (Å²) in [4.78, 5) is 0. The molecular formula is C29H44F2O. The highest BCUT2D eigenvalue weighted by Crippen LogP contribution is 2.48. The van der Waals surface area contributed by atoms with Crippen LogP contribution in [0.2, 0.25) is 0 Å². The lowest BCUT2D eigenvalue weighted by Crippen LogP contribution is -2.34. The van der Waals surface area contributed by atoms with Crippen LogP contribution in [0.5, 0.6) is 0 Å². The van der Waals surface area contributed by atoms with Crippen molar-refractivity contribution in [2.24, 2.45) is 17.8 Å². The Morgan fingerprint density at radius 2 is 1.69 bits per heavy atom. The molecule has 0 radical (unpaired) electrons. The Kier molecular flexibility index (Phi) is 8.65. The van der Waals surface area contributed by atoms with Gasteiger partial charge in [-0.15, -0.1) is 0 Å². The van der Waals surface area contributed by atoms with Crippen molar-refractivity contribution < 1.29 is 13.5 Å². The van der Waals surface area contributed by atoms with Crippen molar-refractivity contribution in [3.05, 3.63) is 34.4 Å². The number of halogens is 2. The molecule has 1 aromatic carbocycles. The van der Waals surface area contributed by atoms with Crippen LogP contribution in [-0.4, -0.2) is 12.7 Å². The summed E-state index contributed by atoms with van der Waals surface area (Å²) in [7, 11) is 0. The Balaban J connectivity index is 1.39. The molecule has 0 saturated heterocycles. The smallest absolute Gasteiger partial charge is 0.162 e. The average Bonchev–Trinajstić information content (AvgIpc) is 2.82. The molecule has 1 aromatic rings. The van der Waals surface area contributed by atoms with Gasteiger partial charge in [0.1, 0.15) is 0 Å². The number of fused-ring (bicyclic) bond motifs is 2. The van der Waals surface area contributed by atoms with E-state index < -0.39 is 11.6 Å². The summed E-state index contributed by atoms with van der Waals surface area (Å²) in [5.74, 6) is 1.03. The molecule has 0 N–H and O–H groups in total. The van der Waals surface area contributed by atoms with Crippen molar-refractivity contribution in [2.75, 3.05) is 6.61 Å². The van der Waals surface area contributed by atoms with E-state index in [1.807, 2.05) is 0 Å². The van der Waals surface area contributed by atoms with Gasteiger partial charge >= 0.3 is 0 Å². The van der Waals surface area contributed by atoms with Crippen LogP contribution in [0.4, 0.5) is 8.78 Å². The quantitative estimate of drug-likeness (QED) is 0.345. The zero-order valence-electron chi connectivity index (χ0n) is 20.4. The standard InChI is InChI=1S/C29H44F2O/c1-3-5-6-7-8-20-9-10-24-19-27(29(31)28(30)26(24)16-20)23-12-11-22-18-25(32-15-4-2)14-13-21(22)17-23/h19-23,25H,3-18H2,1-2H3. The van der Waals surface area contributed by atoms with Gasteiger partial charge in [0, 0.05) is 6.61 Å². The van der Waals surface area contributed by atoms with Gasteiger partial charge in [0.15, 0.2) is 11.6 Å². The van der Waals surface area contributed by atoms with E-state index in [0.29, 0.717) is 35.0 Å². The average molecular weight is 447 g/mol. The maximum absolute atomic E-state index is 15.3. The predicted molar refractivity (Wildman–Crippen MR) is 128 cm³/mol. The zero-order valence-corrected chi connectivity index (χ0v) is 20.4. The van der Waals surface area contributed by atoms with Gasteiger partial charge in [-0.2, -0.15) is 0 Å². The van der Waals surface area contributed by atoms with E-state index in [-0.39, 0.29) is 5.92 Å². The van der Waals surface area contributed by atoms with Crippen molar-refractivity contribution in [1.82, 2.24) is 0 Å². The molecule has 0 aliphatic heterocycles. The van der Waals surface area contributed by atoms with Crippen LogP contribution in [-0.2, 0) is 17.6 Å². The number of hydrogen-bond acceptors (Lipinski definition) is 1. The fourth-order valence-electron chi connectivity index (χ4n) is 6.90. The fraction of sp³-hybridized carbons (Fsp3) is 0.793. The normalized spacial score (nSPS) is 30.1. The molecular weight excluding hydrogens is 402 g/mol. The Bertz CT molecular complexity index is 745. The van der Waals surface area contributed by atoms with Gasteiger partial charge in [0.2, 0.25) is 0 Å². The third kappa shape index (κ3) is 5.57. The molecule has 0 spiro atoms. The summed E-state index contributed by atoms with van der Waals surface area (Å²) in [6, 6.07) is 2.07. The first-order chi connectivity index (χ1) is 15.6. The Morgan fingerprint density at radius 3 is 2.50 bits per heavy atom. The number of aryl methyl sites for hydroxylation is 1. The van der Waals surface area contributed by atoms with E-state index in [1.165, 1.54) is 32.1 Å². The van der Waals surface area contributed by atoms with Crippen LogP contribution in [0, 0.1) is 29.4 Å². The van der Waals surface area contributed by atoms with Crippen molar-refractivity contribution in [2.45, 2.75) is 122 Å². The van der Waals surface area contributed by atoms with Crippen LogP contribution in [0.3, 0.4) is 0 Å². The topological polar surface area (TPSA) is 9.23 Å². The van der Waals surface area contributed by atoms with Crippen LogP contribution in [0.25, 0.3) is 0 Å². The third-order valence-electron chi connectivity index (χ3n) is 8.77. The lowest BCUT2D eigenvalue weighted by Gasteiger charge is -2.42. The van der Waals surface area contributed by atoms with Gasteiger partial charge in [-0.25, -0.2) is 8.78 Å². The number of rotatable bonds is 9. The minimum Gasteiger partial charge on any atom is -0.378 e. The lowest BCUT2D eigenvalue weighted by atomic mass is 9.65. The van der Waals surface area contributed by atoms with E-state index in [9.17, 15) is 0 Å². The molecule has 3 aliphatic carbocycles. The van der Waals surface area contributed by atoms with Crippen molar-refractivity contribution in [1.29, 1.82) is 0 Å². The molecule has 3 heteroatoms. The summed E-state index contributed by atoms with van der Waals surface area (Å²) in [5, 5.41) is 0. The van der Waals surface area contributed by atoms with Gasteiger partial charge in [-0.3, -0.25) is 0 Å². The van der Waals surface area contributed by atoms with E-state index >= 15 is 8.78 Å². The largest absolute Gasteiger partial charge is 0.378 e. The first kappa shape index (κ1) is 24.2. The maximum Gasteiger partial charge on any atom is 0.162 e. The molecule has 4 rings (SSSR count). The first-order valence-corrected chi connectivity index (χ1v) is 13.7. The van der Waals surface area contributed by atoms with Crippen LogP contribution in [0.15, 0.2) is 6.07 Å². The van der Waals surface area contributed by atoms with Gasteiger partial charge in [0.05, 0.1) is 6.10 Å². The summed E-state index contributed by atoms with van der Waals surface area (Å²) in [6.07, 6.45) is 17.1. The van der Waals surface area contributed by atoms with Gasteiger partial charge in [0.25, 0.3) is 0 Å². The summed E-state index contributed by atoms with van der Waals surface area (Å²) < 4.78 is 36.5. The minimum atomic E-state index is -0.529. The Hall–Kier alpha value is -0.960. The van der Waals surface area contributed by atoms with Crippen molar-refractivity contribution in [3.8, 4) is 0 Å². The molecule has 0 aromatic heterocycles. The highest BCUT2D eigenvalue weighted by molar-refractivity contribution is 5.38. The van der Waals surface area contributed by atoms with Crippen LogP contribution >= 0.6 is 0 Å². The first-order valence-electron chi connectivity index (χ1n) is 13.7. The van der Waals surface area contributed by atoms with E-state index in [2.05, 4.69) is 19.9 Å². The monoisotopic (exact) mass is 446 g/mol.